The van der Waals surface area contributed by atoms with Crippen molar-refractivity contribution in [2.45, 2.75) is 39.3 Å². The lowest BCUT2D eigenvalue weighted by Crippen LogP contribution is -2.54. The van der Waals surface area contributed by atoms with Crippen molar-refractivity contribution in [2.24, 2.45) is 0 Å². The smallest absolute Gasteiger partial charge is 0.271 e. The number of carbonyl (C=O) groups is 1. The fourth-order valence-electron chi connectivity index (χ4n) is 3.80. The van der Waals surface area contributed by atoms with Crippen molar-refractivity contribution >= 4 is 27.5 Å². The lowest BCUT2D eigenvalue weighted by molar-refractivity contribution is 0.0357. The molecule has 0 saturated carbocycles. The quantitative estimate of drug-likeness (QED) is 0.674. The highest BCUT2D eigenvalue weighted by Crippen LogP contribution is 2.39. The van der Waals surface area contributed by atoms with E-state index in [0.29, 0.717) is 0 Å². The minimum absolute atomic E-state index is 0.148. The van der Waals surface area contributed by atoms with Gasteiger partial charge in [-0.25, -0.2) is 0 Å². The Balaban J connectivity index is 1.90. The lowest BCUT2D eigenvalue weighted by Gasteiger charge is -2.46. The molecule has 124 valence electrons. The zero-order valence-electron chi connectivity index (χ0n) is 14.4. The summed E-state index contributed by atoms with van der Waals surface area (Å²) in [5, 5.41) is 3.28. The summed E-state index contributed by atoms with van der Waals surface area (Å²) >= 11 is 1.72. The summed E-state index contributed by atoms with van der Waals surface area (Å²) in [6.45, 7) is 8.02. The Labute approximate surface area is 146 Å². The Bertz CT molecular complexity index is 906. The molecule has 0 radical (unpaired) electrons. The number of rotatable bonds is 3. The summed E-state index contributed by atoms with van der Waals surface area (Å²) in [6.07, 6.45) is 0.961. The molecule has 2 aromatic heterocycles. The van der Waals surface area contributed by atoms with Gasteiger partial charge in [-0.2, -0.15) is 0 Å². The molecule has 0 saturated heterocycles. The van der Waals surface area contributed by atoms with E-state index < -0.39 is 0 Å². The average molecular weight is 338 g/mol. The highest BCUT2D eigenvalue weighted by atomic mass is 32.1. The second-order valence-electron chi connectivity index (χ2n) is 6.89. The largest absolute Gasteiger partial charge is 0.326 e. The molecule has 1 aliphatic heterocycles. The second kappa shape index (κ2) is 5.49. The highest BCUT2D eigenvalue weighted by Gasteiger charge is 2.43. The highest BCUT2D eigenvalue weighted by molar-refractivity contribution is 7.16. The summed E-state index contributed by atoms with van der Waals surface area (Å²) in [4.78, 5) is 16.5. The van der Waals surface area contributed by atoms with Gasteiger partial charge in [-0.05, 0) is 43.3 Å². The Hall–Kier alpha value is -2.07. The van der Waals surface area contributed by atoms with E-state index >= 15 is 0 Å². The number of hydrogen-bond donors (Lipinski definition) is 0. The summed E-state index contributed by atoms with van der Waals surface area (Å²) in [5.41, 5.74) is 2.96. The fourth-order valence-corrected chi connectivity index (χ4v) is 4.69. The number of nitrogens with zero attached hydrogens (tertiary/aromatic N) is 2. The molecular weight excluding hydrogens is 316 g/mol. The van der Waals surface area contributed by atoms with Gasteiger partial charge in [0.25, 0.3) is 5.91 Å². The van der Waals surface area contributed by atoms with Crippen LogP contribution in [-0.2, 0) is 12.1 Å². The van der Waals surface area contributed by atoms with Crippen LogP contribution in [0.5, 0.6) is 0 Å². The van der Waals surface area contributed by atoms with Crippen LogP contribution in [0.15, 0.2) is 41.8 Å². The predicted molar refractivity (Wildman–Crippen MR) is 99.7 cm³/mol. The first-order valence-electron chi connectivity index (χ1n) is 8.50. The summed E-state index contributed by atoms with van der Waals surface area (Å²) in [5.74, 6) is 0.148. The molecule has 1 aromatic carbocycles. The number of thiophene rings is 1. The van der Waals surface area contributed by atoms with Crippen LogP contribution in [-0.4, -0.2) is 21.9 Å². The number of aryl methyl sites for hydroxylation is 1. The number of carbonyl (C=O) groups excluding carboxylic acids is 1. The van der Waals surface area contributed by atoms with Crippen LogP contribution in [0.25, 0.3) is 10.2 Å². The maximum atomic E-state index is 13.2. The van der Waals surface area contributed by atoms with Gasteiger partial charge in [-0.3, -0.25) is 4.79 Å². The summed E-state index contributed by atoms with van der Waals surface area (Å²) in [6, 6.07) is 12.8. The summed E-state index contributed by atoms with van der Waals surface area (Å²) < 4.78 is 2.22. The second-order valence-corrected chi connectivity index (χ2v) is 7.79. The molecule has 0 bridgehead atoms. The number of hydrogen-bond acceptors (Lipinski definition) is 2. The Morgan fingerprint density at radius 3 is 2.67 bits per heavy atom. The van der Waals surface area contributed by atoms with Crippen molar-refractivity contribution in [2.75, 3.05) is 6.54 Å². The molecule has 1 amide bonds. The zero-order valence-corrected chi connectivity index (χ0v) is 15.2. The van der Waals surface area contributed by atoms with Crippen molar-refractivity contribution in [1.82, 2.24) is 9.47 Å². The molecule has 3 nitrogen and oxygen atoms in total. The van der Waals surface area contributed by atoms with Crippen molar-refractivity contribution in [3.8, 4) is 0 Å². The van der Waals surface area contributed by atoms with Crippen molar-refractivity contribution in [3.63, 3.8) is 0 Å². The molecule has 0 aliphatic carbocycles. The average Bonchev–Trinajstić information content (AvgIpc) is 3.14. The van der Waals surface area contributed by atoms with Gasteiger partial charge in [0.05, 0.1) is 12.1 Å². The SMILES string of the molecule is CCCN1C(=O)c2cc3ccsc3n2CC1(C)c1ccc(C)cc1. The van der Waals surface area contributed by atoms with E-state index in [-0.39, 0.29) is 11.4 Å². The van der Waals surface area contributed by atoms with Crippen LogP contribution in [0.2, 0.25) is 0 Å². The molecule has 1 unspecified atom stereocenters. The van der Waals surface area contributed by atoms with E-state index in [9.17, 15) is 4.79 Å². The van der Waals surface area contributed by atoms with Gasteiger partial charge in [-0.1, -0.05) is 36.8 Å². The molecular formula is C20H22N2OS. The third-order valence-electron chi connectivity index (χ3n) is 5.15. The van der Waals surface area contributed by atoms with E-state index in [4.69, 9.17) is 0 Å². The van der Waals surface area contributed by atoms with Gasteiger partial charge < -0.3 is 9.47 Å². The lowest BCUT2D eigenvalue weighted by atomic mass is 9.87. The standard InChI is InChI=1S/C20H22N2OS/c1-4-10-22-18(23)17-12-15-9-11-24-19(15)21(17)13-20(22,3)16-7-5-14(2)6-8-16/h5-9,11-12H,4,10,13H2,1-3H3. The Morgan fingerprint density at radius 1 is 1.21 bits per heavy atom. The Morgan fingerprint density at radius 2 is 1.96 bits per heavy atom. The molecule has 0 spiro atoms. The first kappa shape index (κ1) is 15.5. The van der Waals surface area contributed by atoms with E-state index in [1.807, 2.05) is 6.07 Å². The topological polar surface area (TPSA) is 25.2 Å². The van der Waals surface area contributed by atoms with Crippen LogP contribution >= 0.6 is 11.3 Å². The first-order valence-corrected chi connectivity index (χ1v) is 9.38. The third-order valence-corrected chi connectivity index (χ3v) is 6.10. The van der Waals surface area contributed by atoms with Gasteiger partial charge in [0.1, 0.15) is 10.5 Å². The number of aromatic nitrogens is 1. The molecule has 4 heteroatoms. The number of fused-ring (bicyclic) bond motifs is 3. The van der Waals surface area contributed by atoms with Crippen LogP contribution in [0.1, 0.15) is 41.9 Å². The maximum Gasteiger partial charge on any atom is 0.271 e. The van der Waals surface area contributed by atoms with Gasteiger partial charge >= 0.3 is 0 Å². The van der Waals surface area contributed by atoms with E-state index in [0.717, 1.165) is 25.2 Å². The summed E-state index contributed by atoms with van der Waals surface area (Å²) in [7, 11) is 0. The Kier molecular flexibility index (Phi) is 3.53. The van der Waals surface area contributed by atoms with Crippen molar-refractivity contribution < 1.29 is 4.79 Å². The van der Waals surface area contributed by atoms with Gasteiger partial charge in [0.15, 0.2) is 0 Å². The molecule has 3 aromatic rings. The minimum atomic E-state index is -0.316. The van der Waals surface area contributed by atoms with Crippen molar-refractivity contribution in [3.05, 3.63) is 58.6 Å². The molecule has 3 heterocycles. The minimum Gasteiger partial charge on any atom is -0.326 e. The molecule has 0 fully saturated rings. The van der Waals surface area contributed by atoms with E-state index in [1.54, 1.807) is 11.3 Å². The van der Waals surface area contributed by atoms with Crippen LogP contribution in [0, 0.1) is 6.92 Å². The maximum absolute atomic E-state index is 13.2. The number of benzene rings is 1. The van der Waals surface area contributed by atoms with Crippen LogP contribution in [0.4, 0.5) is 0 Å². The molecule has 0 N–H and O–H groups in total. The monoisotopic (exact) mass is 338 g/mol. The van der Waals surface area contributed by atoms with Gasteiger partial charge in [0.2, 0.25) is 0 Å². The van der Waals surface area contributed by atoms with Crippen LogP contribution in [0.3, 0.4) is 0 Å². The molecule has 1 atom stereocenters. The first-order chi connectivity index (χ1) is 11.5. The molecule has 1 aliphatic rings. The van der Waals surface area contributed by atoms with Gasteiger partial charge in [-0.15, -0.1) is 11.3 Å². The normalized spacial score (nSPS) is 20.6. The molecule has 4 rings (SSSR count). The number of amides is 1. The van der Waals surface area contributed by atoms with Crippen LogP contribution < -0.4 is 0 Å². The molecule has 24 heavy (non-hydrogen) atoms. The third kappa shape index (κ3) is 2.13. The van der Waals surface area contributed by atoms with E-state index in [1.165, 1.54) is 21.3 Å². The van der Waals surface area contributed by atoms with E-state index in [2.05, 4.69) is 66.0 Å². The van der Waals surface area contributed by atoms with Gasteiger partial charge in [0, 0.05) is 11.9 Å². The fraction of sp³-hybridized carbons (Fsp3) is 0.350. The predicted octanol–water partition coefficient (Wildman–Crippen LogP) is 4.79. The van der Waals surface area contributed by atoms with Crippen molar-refractivity contribution in [1.29, 1.82) is 0 Å². The zero-order chi connectivity index (χ0) is 16.9.